The molecule has 0 spiro atoms. The molecule has 5 nitrogen and oxygen atoms in total. The monoisotopic (exact) mass is 447 g/mol. The van der Waals surface area contributed by atoms with Gasteiger partial charge in [0.15, 0.2) is 5.54 Å². The van der Waals surface area contributed by atoms with Crippen molar-refractivity contribution in [1.82, 2.24) is 5.32 Å². The number of carbonyl (C=O) groups excluding carboxylic acids is 2. The molecule has 1 atom stereocenters. The fourth-order valence-electron chi connectivity index (χ4n) is 2.73. The Labute approximate surface area is 152 Å². The van der Waals surface area contributed by atoms with Crippen molar-refractivity contribution in [1.29, 1.82) is 0 Å². The van der Waals surface area contributed by atoms with E-state index in [4.69, 9.17) is 9.47 Å². The number of nitrogens with one attached hydrogen (secondary N) is 1. The van der Waals surface area contributed by atoms with E-state index in [9.17, 15) is 9.59 Å². The summed E-state index contributed by atoms with van der Waals surface area (Å²) < 4.78 is 12.0. The second-order valence-electron chi connectivity index (χ2n) is 5.64. The molecule has 1 aliphatic rings. The highest BCUT2D eigenvalue weighted by Crippen LogP contribution is 2.27. The summed E-state index contributed by atoms with van der Waals surface area (Å²) in [5, 5.41) is 2.83. The molecule has 0 bridgehead atoms. The van der Waals surface area contributed by atoms with Gasteiger partial charge in [-0.25, -0.2) is 4.79 Å². The Hall–Kier alpha value is -0.920. The number of rotatable bonds is 4. The Morgan fingerprint density at radius 3 is 2.70 bits per heavy atom. The van der Waals surface area contributed by atoms with Crippen LogP contribution in [0.25, 0.3) is 0 Å². The van der Waals surface area contributed by atoms with Crippen molar-refractivity contribution >= 4 is 43.7 Å². The van der Waals surface area contributed by atoms with Gasteiger partial charge in [0.2, 0.25) is 5.91 Å². The van der Waals surface area contributed by atoms with Crippen molar-refractivity contribution in [2.24, 2.45) is 0 Å². The minimum Gasteiger partial charge on any atom is -0.467 e. The Kier molecular flexibility index (Phi) is 6.22. The summed E-state index contributed by atoms with van der Waals surface area (Å²) >= 11 is 6.90. The van der Waals surface area contributed by atoms with Gasteiger partial charge in [0.25, 0.3) is 0 Å². The van der Waals surface area contributed by atoms with Crippen LogP contribution in [0.2, 0.25) is 0 Å². The first-order chi connectivity index (χ1) is 10.9. The van der Waals surface area contributed by atoms with Crippen molar-refractivity contribution in [2.45, 2.75) is 31.7 Å². The molecule has 126 valence electrons. The van der Waals surface area contributed by atoms with Crippen LogP contribution in [-0.2, 0) is 25.5 Å². The average molecular weight is 449 g/mol. The minimum absolute atomic E-state index is 0.145. The average Bonchev–Trinajstić information content (AvgIpc) is 2.51. The summed E-state index contributed by atoms with van der Waals surface area (Å²) in [6.07, 6.45) is 1.40. The Bertz CT molecular complexity index is 589. The van der Waals surface area contributed by atoms with E-state index in [1.807, 2.05) is 19.1 Å². The van der Waals surface area contributed by atoms with Gasteiger partial charge in [-0.05, 0) is 43.0 Å². The zero-order valence-corrected chi connectivity index (χ0v) is 16.3. The van der Waals surface area contributed by atoms with E-state index in [0.29, 0.717) is 19.4 Å². The molecular weight excluding hydrogens is 430 g/mol. The third-order valence-electron chi connectivity index (χ3n) is 3.92. The number of ether oxygens (including phenoxy) is 2. The number of hydrogen-bond donors (Lipinski definition) is 1. The zero-order chi connectivity index (χ0) is 17.0. The smallest absolute Gasteiger partial charge is 0.334 e. The summed E-state index contributed by atoms with van der Waals surface area (Å²) in [5.74, 6) is -0.691. The van der Waals surface area contributed by atoms with Gasteiger partial charge < -0.3 is 14.8 Å². The number of amides is 1. The van der Waals surface area contributed by atoms with E-state index in [-0.39, 0.29) is 18.9 Å². The number of hydrogen-bond acceptors (Lipinski definition) is 4. The molecule has 0 aliphatic carbocycles. The fourth-order valence-corrected chi connectivity index (χ4v) is 4.31. The van der Waals surface area contributed by atoms with E-state index in [1.54, 1.807) is 0 Å². The number of carbonyl (C=O) groups is 2. The van der Waals surface area contributed by atoms with Crippen LogP contribution in [0.4, 0.5) is 0 Å². The summed E-state index contributed by atoms with van der Waals surface area (Å²) in [6, 6.07) is 3.85. The lowest BCUT2D eigenvalue weighted by Gasteiger charge is -2.35. The Morgan fingerprint density at radius 2 is 2.13 bits per heavy atom. The van der Waals surface area contributed by atoms with Crippen molar-refractivity contribution in [3.05, 3.63) is 32.2 Å². The first kappa shape index (κ1) is 18.4. The fraction of sp³-hybridized carbons (Fsp3) is 0.500. The first-order valence-corrected chi connectivity index (χ1v) is 8.88. The van der Waals surface area contributed by atoms with Crippen LogP contribution in [0.1, 0.15) is 24.0 Å². The maximum absolute atomic E-state index is 12.5. The molecule has 1 saturated heterocycles. The number of halogens is 2. The van der Waals surface area contributed by atoms with Crippen LogP contribution < -0.4 is 5.32 Å². The number of esters is 1. The van der Waals surface area contributed by atoms with Crippen molar-refractivity contribution in [2.75, 3.05) is 20.3 Å². The molecule has 1 amide bonds. The van der Waals surface area contributed by atoms with Gasteiger partial charge >= 0.3 is 5.97 Å². The standard InChI is InChI=1S/C16H19Br2NO4/c1-10-6-11(17)7-13(18)12(10)8-14(20)19-16(15(21)22-2)4-3-5-23-9-16/h6-7H,3-5,8-9H2,1-2H3,(H,19,20). The quantitative estimate of drug-likeness (QED) is 0.719. The molecule has 0 radical (unpaired) electrons. The maximum Gasteiger partial charge on any atom is 0.334 e. The van der Waals surface area contributed by atoms with E-state index in [1.165, 1.54) is 7.11 Å². The molecule has 1 unspecified atom stereocenters. The van der Waals surface area contributed by atoms with Crippen LogP contribution in [0.5, 0.6) is 0 Å². The molecule has 1 fully saturated rings. The Morgan fingerprint density at radius 1 is 1.39 bits per heavy atom. The normalized spacial score (nSPS) is 20.9. The molecule has 0 aromatic heterocycles. The predicted octanol–water partition coefficient (Wildman–Crippen LogP) is 2.90. The highest BCUT2D eigenvalue weighted by atomic mass is 79.9. The summed E-state index contributed by atoms with van der Waals surface area (Å²) in [4.78, 5) is 24.6. The number of benzene rings is 1. The van der Waals surface area contributed by atoms with Gasteiger partial charge in [0.05, 0.1) is 20.1 Å². The van der Waals surface area contributed by atoms with Gasteiger partial charge in [0, 0.05) is 15.6 Å². The molecule has 1 aromatic rings. The second-order valence-corrected chi connectivity index (χ2v) is 7.41. The second kappa shape index (κ2) is 7.77. The molecule has 1 aromatic carbocycles. The molecule has 1 aliphatic heterocycles. The lowest BCUT2D eigenvalue weighted by Crippen LogP contribution is -2.60. The van der Waals surface area contributed by atoms with Gasteiger partial charge in [-0.3, -0.25) is 4.79 Å². The highest BCUT2D eigenvalue weighted by molar-refractivity contribution is 9.11. The molecule has 2 rings (SSSR count). The van der Waals surface area contributed by atoms with Crippen molar-refractivity contribution in [3.8, 4) is 0 Å². The van der Waals surface area contributed by atoms with E-state index >= 15 is 0 Å². The van der Waals surface area contributed by atoms with Crippen molar-refractivity contribution in [3.63, 3.8) is 0 Å². The number of aryl methyl sites for hydroxylation is 1. The summed E-state index contributed by atoms with van der Waals surface area (Å²) in [6.45, 7) is 2.68. The molecule has 1 N–H and O–H groups in total. The molecular formula is C16H19Br2NO4. The van der Waals surface area contributed by atoms with Gasteiger partial charge in [-0.1, -0.05) is 31.9 Å². The third-order valence-corrected chi connectivity index (χ3v) is 5.08. The molecule has 1 heterocycles. The highest BCUT2D eigenvalue weighted by Gasteiger charge is 2.43. The van der Waals surface area contributed by atoms with Crippen LogP contribution in [0.15, 0.2) is 21.1 Å². The van der Waals surface area contributed by atoms with Crippen LogP contribution in [0.3, 0.4) is 0 Å². The molecule has 7 heteroatoms. The third kappa shape index (κ3) is 4.33. The lowest BCUT2D eigenvalue weighted by atomic mass is 9.92. The zero-order valence-electron chi connectivity index (χ0n) is 13.1. The van der Waals surface area contributed by atoms with Gasteiger partial charge in [-0.15, -0.1) is 0 Å². The Balaban J connectivity index is 2.15. The minimum atomic E-state index is -1.08. The predicted molar refractivity (Wildman–Crippen MR) is 93.2 cm³/mol. The van der Waals surface area contributed by atoms with E-state index < -0.39 is 11.5 Å². The van der Waals surface area contributed by atoms with Gasteiger partial charge in [0.1, 0.15) is 0 Å². The molecule has 0 saturated carbocycles. The molecule has 23 heavy (non-hydrogen) atoms. The van der Waals surface area contributed by atoms with E-state index in [0.717, 1.165) is 20.1 Å². The summed E-state index contributed by atoms with van der Waals surface area (Å²) in [7, 11) is 1.32. The van der Waals surface area contributed by atoms with Crippen LogP contribution >= 0.6 is 31.9 Å². The van der Waals surface area contributed by atoms with E-state index in [2.05, 4.69) is 37.2 Å². The lowest BCUT2D eigenvalue weighted by molar-refractivity contribution is -0.157. The van der Waals surface area contributed by atoms with Crippen LogP contribution in [0, 0.1) is 6.92 Å². The SMILES string of the molecule is COC(=O)C1(NC(=O)Cc2c(C)cc(Br)cc2Br)CCCOC1. The maximum atomic E-state index is 12.5. The van der Waals surface area contributed by atoms with Gasteiger partial charge in [-0.2, -0.15) is 0 Å². The van der Waals surface area contributed by atoms with Crippen molar-refractivity contribution < 1.29 is 19.1 Å². The topological polar surface area (TPSA) is 64.6 Å². The number of methoxy groups -OCH3 is 1. The van der Waals surface area contributed by atoms with Crippen LogP contribution in [-0.4, -0.2) is 37.7 Å². The summed E-state index contributed by atoms with van der Waals surface area (Å²) in [5.41, 5.74) is 0.802. The first-order valence-electron chi connectivity index (χ1n) is 7.29. The largest absolute Gasteiger partial charge is 0.467 e.